The highest BCUT2D eigenvalue weighted by molar-refractivity contribution is 6.08. The van der Waals surface area contributed by atoms with E-state index in [2.05, 4.69) is 13.2 Å². The van der Waals surface area contributed by atoms with Crippen LogP contribution < -0.4 is 11.1 Å². The minimum Gasteiger partial charge on any atom is -0.330 e. The molecule has 0 heterocycles. The summed E-state index contributed by atoms with van der Waals surface area (Å²) < 4.78 is 0. The van der Waals surface area contributed by atoms with E-state index in [1.807, 2.05) is 0 Å². The topological polar surface area (TPSA) is 38.0 Å². The van der Waals surface area contributed by atoms with Crippen LogP contribution in [-0.2, 0) is 0 Å². The van der Waals surface area contributed by atoms with Gasteiger partial charge in [-0.1, -0.05) is 6.32 Å². The Hall–Kier alpha value is -0.0151. The lowest BCUT2D eigenvalue weighted by molar-refractivity contribution is 0.679. The normalized spacial score (nSPS) is 9.62. The molecule has 0 aliphatic carbocycles. The summed E-state index contributed by atoms with van der Waals surface area (Å²) in [5, 5.41) is 3.26. The van der Waals surface area contributed by atoms with Crippen molar-refractivity contribution in [2.24, 2.45) is 5.73 Å². The van der Waals surface area contributed by atoms with Crippen LogP contribution in [0.15, 0.2) is 0 Å². The molecule has 0 aromatic heterocycles. The lowest BCUT2D eigenvalue weighted by Crippen LogP contribution is -2.18. The molecular formula is C5H15BN2. The van der Waals surface area contributed by atoms with Gasteiger partial charge in [-0.15, -0.1) is 0 Å². The van der Waals surface area contributed by atoms with Crippen molar-refractivity contribution in [3.63, 3.8) is 0 Å². The van der Waals surface area contributed by atoms with Crippen LogP contribution in [0.4, 0.5) is 0 Å². The van der Waals surface area contributed by atoms with Gasteiger partial charge in [0.25, 0.3) is 0 Å². The van der Waals surface area contributed by atoms with Gasteiger partial charge >= 0.3 is 0 Å². The highest BCUT2D eigenvalue weighted by Gasteiger charge is 1.80. The molecule has 3 heteroatoms. The predicted molar refractivity (Wildman–Crippen MR) is 39.9 cm³/mol. The van der Waals surface area contributed by atoms with Crippen LogP contribution in [0.5, 0.6) is 0 Å². The molecule has 0 rings (SSSR count). The summed E-state index contributed by atoms with van der Waals surface area (Å²) in [5.41, 5.74) is 5.27. The lowest BCUT2D eigenvalue weighted by Gasteiger charge is -1.98. The standard InChI is InChI=1S/C5H15BN2/c6-2-5-8-4-1-3-7/h8H,1-7H2. The average molecular weight is 114 g/mol. The summed E-state index contributed by atoms with van der Waals surface area (Å²) >= 11 is 0. The minimum absolute atomic E-state index is 0.802. The molecule has 0 radical (unpaired) electrons. The predicted octanol–water partition coefficient (Wildman–Crippen LogP) is -1.02. The second kappa shape index (κ2) is 6.98. The van der Waals surface area contributed by atoms with Crippen molar-refractivity contribution in [3.8, 4) is 0 Å². The van der Waals surface area contributed by atoms with Gasteiger partial charge in [0, 0.05) is 0 Å². The Morgan fingerprint density at radius 1 is 1.38 bits per heavy atom. The molecule has 2 nitrogen and oxygen atoms in total. The molecule has 0 fully saturated rings. The molecule has 3 N–H and O–H groups in total. The molecule has 0 bridgehead atoms. The van der Waals surface area contributed by atoms with Crippen molar-refractivity contribution in [1.82, 2.24) is 5.32 Å². The van der Waals surface area contributed by atoms with Crippen molar-refractivity contribution in [2.75, 3.05) is 19.6 Å². The molecule has 0 amide bonds. The Kier molecular flexibility index (Phi) is 6.97. The van der Waals surface area contributed by atoms with E-state index < -0.39 is 0 Å². The van der Waals surface area contributed by atoms with Crippen molar-refractivity contribution in [1.29, 1.82) is 0 Å². The monoisotopic (exact) mass is 114 g/mol. The molecule has 0 aromatic rings. The highest BCUT2D eigenvalue weighted by Crippen LogP contribution is 1.70. The summed E-state index contributed by atoms with van der Waals surface area (Å²) in [7, 11) is 2.16. The summed E-state index contributed by atoms with van der Waals surface area (Å²) in [4.78, 5) is 0. The maximum Gasteiger partial charge on any atom is 0.102 e. The number of nitrogens with one attached hydrogen (secondary N) is 1. The van der Waals surface area contributed by atoms with E-state index in [1.54, 1.807) is 0 Å². The number of hydrogen-bond acceptors (Lipinski definition) is 2. The maximum absolute atomic E-state index is 5.27. The van der Waals surface area contributed by atoms with Crippen molar-refractivity contribution in [3.05, 3.63) is 0 Å². The van der Waals surface area contributed by atoms with Gasteiger partial charge in [0.1, 0.15) is 7.85 Å². The first kappa shape index (κ1) is 7.98. The molecule has 0 spiro atoms. The third kappa shape index (κ3) is 5.98. The van der Waals surface area contributed by atoms with Gasteiger partial charge < -0.3 is 11.1 Å². The van der Waals surface area contributed by atoms with Crippen LogP contribution in [0.3, 0.4) is 0 Å². The lowest BCUT2D eigenvalue weighted by atomic mass is 10.1. The summed E-state index contributed by atoms with van der Waals surface area (Å²) in [6.07, 6.45) is 2.31. The second-order valence-corrected chi connectivity index (χ2v) is 1.89. The van der Waals surface area contributed by atoms with Gasteiger partial charge in [-0.2, -0.15) is 0 Å². The molecular weight excluding hydrogens is 98.9 g/mol. The van der Waals surface area contributed by atoms with Crippen LogP contribution in [0.2, 0.25) is 6.32 Å². The minimum atomic E-state index is 0.802. The Labute approximate surface area is 52.2 Å². The molecule has 8 heavy (non-hydrogen) atoms. The van der Waals surface area contributed by atoms with Gasteiger partial charge in [0.05, 0.1) is 0 Å². The van der Waals surface area contributed by atoms with Crippen molar-refractivity contribution in [2.45, 2.75) is 12.7 Å². The summed E-state index contributed by atoms with van der Waals surface area (Å²) in [5.74, 6) is 0. The second-order valence-electron chi connectivity index (χ2n) is 1.89. The SMILES string of the molecule is BCCNCCCN. The van der Waals surface area contributed by atoms with Gasteiger partial charge in [-0.25, -0.2) is 0 Å². The van der Waals surface area contributed by atoms with E-state index in [0.29, 0.717) is 0 Å². The average Bonchev–Trinajstić information content (AvgIpc) is 1.81. The molecule has 0 atom stereocenters. The van der Waals surface area contributed by atoms with Crippen molar-refractivity contribution >= 4 is 7.85 Å². The number of nitrogens with two attached hydrogens (primary N) is 1. The Bertz CT molecular complexity index is 35.4. The summed E-state index contributed by atoms with van der Waals surface area (Å²) in [6.45, 7) is 3.00. The third-order valence-electron chi connectivity index (χ3n) is 0.984. The van der Waals surface area contributed by atoms with E-state index in [4.69, 9.17) is 5.73 Å². The first-order valence-electron chi connectivity index (χ1n) is 3.32. The van der Waals surface area contributed by atoms with Gasteiger partial charge in [0.15, 0.2) is 0 Å². The quantitative estimate of drug-likeness (QED) is 0.354. The molecule has 0 aliphatic heterocycles. The van der Waals surface area contributed by atoms with Crippen molar-refractivity contribution < 1.29 is 0 Å². The van der Waals surface area contributed by atoms with E-state index in [0.717, 1.165) is 26.1 Å². The Balaban J connectivity index is 2.53. The van der Waals surface area contributed by atoms with Crippen LogP contribution in [0.1, 0.15) is 6.42 Å². The highest BCUT2D eigenvalue weighted by atomic mass is 14.8. The zero-order chi connectivity index (χ0) is 6.24. The fourth-order valence-electron chi connectivity index (χ4n) is 0.529. The van der Waals surface area contributed by atoms with Crippen LogP contribution >= 0.6 is 0 Å². The van der Waals surface area contributed by atoms with E-state index in [-0.39, 0.29) is 0 Å². The zero-order valence-electron chi connectivity index (χ0n) is 5.61. The Morgan fingerprint density at radius 2 is 2.12 bits per heavy atom. The van der Waals surface area contributed by atoms with Crippen LogP contribution in [-0.4, -0.2) is 27.5 Å². The summed E-state index contributed by atoms with van der Waals surface area (Å²) in [6, 6.07) is 0. The van der Waals surface area contributed by atoms with Gasteiger partial charge in [0.2, 0.25) is 0 Å². The van der Waals surface area contributed by atoms with Crippen LogP contribution in [0, 0.1) is 0 Å². The number of hydrogen-bond donors (Lipinski definition) is 2. The molecule has 0 aliphatic rings. The van der Waals surface area contributed by atoms with E-state index in [9.17, 15) is 0 Å². The smallest absolute Gasteiger partial charge is 0.102 e. The fourth-order valence-corrected chi connectivity index (χ4v) is 0.529. The zero-order valence-corrected chi connectivity index (χ0v) is 5.61. The molecule has 0 aromatic carbocycles. The van der Waals surface area contributed by atoms with Crippen LogP contribution in [0.25, 0.3) is 0 Å². The molecule has 48 valence electrons. The first-order valence-corrected chi connectivity index (χ1v) is 3.32. The number of rotatable bonds is 5. The van der Waals surface area contributed by atoms with E-state index in [1.165, 1.54) is 6.32 Å². The first-order chi connectivity index (χ1) is 3.91. The maximum atomic E-state index is 5.27. The molecule has 0 saturated heterocycles. The largest absolute Gasteiger partial charge is 0.330 e. The Morgan fingerprint density at radius 3 is 2.62 bits per heavy atom. The fraction of sp³-hybridized carbons (Fsp3) is 1.00. The third-order valence-corrected chi connectivity index (χ3v) is 0.984. The van der Waals surface area contributed by atoms with E-state index >= 15 is 0 Å². The van der Waals surface area contributed by atoms with Gasteiger partial charge in [-0.3, -0.25) is 0 Å². The van der Waals surface area contributed by atoms with Gasteiger partial charge in [-0.05, 0) is 26.1 Å². The molecule has 0 unspecified atom stereocenters. The molecule has 0 saturated carbocycles.